The fourth-order valence-corrected chi connectivity index (χ4v) is 0.494. The van der Waals surface area contributed by atoms with Crippen molar-refractivity contribution in [3.8, 4) is 0 Å². The summed E-state index contributed by atoms with van der Waals surface area (Å²) in [5.41, 5.74) is 4.85. The Labute approximate surface area is 56.6 Å². The zero-order chi connectivity index (χ0) is 7.72. The van der Waals surface area contributed by atoms with Crippen molar-refractivity contribution in [1.82, 2.24) is 5.32 Å². The molecule has 1 aliphatic heterocycles. The molecule has 0 saturated heterocycles. The van der Waals surface area contributed by atoms with Gasteiger partial charge in [0.05, 0.1) is 5.57 Å². The average Bonchev–Trinajstić information content (AvgIpc) is 1.82. The largest absolute Gasteiger partial charge is 0.369 e. The molecular weight excluding hydrogens is 134 g/mol. The lowest BCUT2D eigenvalue weighted by Gasteiger charge is -2.08. The summed E-state index contributed by atoms with van der Waals surface area (Å²) in [6.45, 7) is 3.19. The average molecular weight is 139 g/mol. The number of nitrogens with one attached hydrogen (secondary N) is 1. The molecule has 0 radical (unpaired) electrons. The van der Waals surface area contributed by atoms with E-state index < -0.39 is 11.8 Å². The molecule has 3 N–H and O–H groups in total. The Morgan fingerprint density at radius 1 is 1.50 bits per heavy atom. The molecule has 5 heteroatoms. The van der Waals surface area contributed by atoms with Crippen molar-refractivity contribution in [2.75, 3.05) is 0 Å². The molecule has 10 heavy (non-hydrogen) atoms. The van der Waals surface area contributed by atoms with E-state index in [9.17, 15) is 9.59 Å². The van der Waals surface area contributed by atoms with Crippen LogP contribution in [0, 0.1) is 0 Å². The normalized spacial score (nSPS) is 18.4. The molecule has 0 saturated carbocycles. The Kier molecular flexibility index (Phi) is 1.26. The van der Waals surface area contributed by atoms with Crippen molar-refractivity contribution in [2.24, 2.45) is 10.7 Å². The summed E-state index contributed by atoms with van der Waals surface area (Å²) in [4.78, 5) is 24.4. The summed E-state index contributed by atoms with van der Waals surface area (Å²) in [6.07, 6.45) is 0. The minimum Gasteiger partial charge on any atom is -0.369 e. The van der Waals surface area contributed by atoms with Crippen LogP contribution in [0.3, 0.4) is 0 Å². The molecule has 0 unspecified atom stereocenters. The summed E-state index contributed by atoms with van der Waals surface area (Å²) in [6, 6.07) is 0. The van der Waals surface area contributed by atoms with Crippen LogP contribution < -0.4 is 11.1 Å². The first kappa shape index (κ1) is 6.47. The summed E-state index contributed by atoms with van der Waals surface area (Å²) < 4.78 is 0. The third-order valence-electron chi connectivity index (χ3n) is 0.996. The van der Waals surface area contributed by atoms with Gasteiger partial charge in [0.2, 0.25) is 5.96 Å². The van der Waals surface area contributed by atoms with E-state index in [1.165, 1.54) is 0 Å². The molecule has 1 rings (SSSR count). The Balaban J connectivity index is 3.01. The van der Waals surface area contributed by atoms with Gasteiger partial charge in [-0.1, -0.05) is 6.58 Å². The van der Waals surface area contributed by atoms with Crippen LogP contribution in [0.1, 0.15) is 0 Å². The van der Waals surface area contributed by atoms with Gasteiger partial charge in [-0.25, -0.2) is 0 Å². The van der Waals surface area contributed by atoms with Gasteiger partial charge in [-0.15, -0.1) is 0 Å². The zero-order valence-corrected chi connectivity index (χ0v) is 5.05. The maximum atomic E-state index is 10.6. The van der Waals surface area contributed by atoms with Crippen molar-refractivity contribution >= 4 is 17.8 Å². The maximum absolute atomic E-state index is 10.6. The number of amides is 2. The first-order valence-electron chi connectivity index (χ1n) is 2.50. The Morgan fingerprint density at radius 3 is 2.60 bits per heavy atom. The van der Waals surface area contributed by atoms with E-state index in [0.29, 0.717) is 0 Å². The Bertz CT molecular complexity index is 254. The summed E-state index contributed by atoms with van der Waals surface area (Å²) in [5, 5.41) is 2.13. The van der Waals surface area contributed by atoms with Crippen LogP contribution in [-0.2, 0) is 9.59 Å². The van der Waals surface area contributed by atoms with Crippen LogP contribution >= 0.6 is 0 Å². The molecule has 0 aromatic carbocycles. The van der Waals surface area contributed by atoms with Gasteiger partial charge < -0.3 is 5.73 Å². The number of carbonyl (C=O) groups is 2. The van der Waals surface area contributed by atoms with Crippen LogP contribution in [0.15, 0.2) is 17.1 Å². The van der Waals surface area contributed by atoms with Gasteiger partial charge >= 0.3 is 0 Å². The molecule has 2 amide bonds. The molecule has 1 heterocycles. The van der Waals surface area contributed by atoms with E-state index in [-0.39, 0.29) is 11.5 Å². The van der Waals surface area contributed by atoms with E-state index in [0.717, 1.165) is 0 Å². The van der Waals surface area contributed by atoms with E-state index in [4.69, 9.17) is 5.73 Å². The highest BCUT2D eigenvalue weighted by atomic mass is 16.2. The number of hydrogen-bond acceptors (Lipinski definition) is 3. The van der Waals surface area contributed by atoms with E-state index in [1.807, 2.05) is 0 Å². The van der Waals surface area contributed by atoms with Gasteiger partial charge in [-0.3, -0.25) is 14.9 Å². The van der Waals surface area contributed by atoms with Crippen LogP contribution in [0.25, 0.3) is 0 Å². The van der Waals surface area contributed by atoms with Crippen LogP contribution in [-0.4, -0.2) is 17.8 Å². The topological polar surface area (TPSA) is 84.6 Å². The molecule has 0 bridgehead atoms. The number of rotatable bonds is 0. The number of aliphatic imine (C=N–C) groups is 1. The fourth-order valence-electron chi connectivity index (χ4n) is 0.494. The zero-order valence-electron chi connectivity index (χ0n) is 5.05. The second-order valence-electron chi connectivity index (χ2n) is 1.73. The fraction of sp³-hybridized carbons (Fsp3) is 0. The molecule has 5 nitrogen and oxygen atoms in total. The monoisotopic (exact) mass is 139 g/mol. The van der Waals surface area contributed by atoms with Gasteiger partial charge in [0.1, 0.15) is 0 Å². The first-order chi connectivity index (χ1) is 4.61. The molecule has 0 spiro atoms. The van der Waals surface area contributed by atoms with E-state index in [1.54, 1.807) is 0 Å². The number of nitrogens with two attached hydrogens (primary N) is 1. The highest BCUT2D eigenvalue weighted by Gasteiger charge is 2.20. The lowest BCUT2D eigenvalue weighted by Crippen LogP contribution is -2.43. The number of carbonyl (C=O) groups excluding carboxylic acids is 2. The molecule has 0 aliphatic carbocycles. The minimum absolute atomic E-state index is 0.178. The second-order valence-corrected chi connectivity index (χ2v) is 1.73. The van der Waals surface area contributed by atoms with Crippen molar-refractivity contribution in [1.29, 1.82) is 0 Å². The summed E-state index contributed by atoms with van der Waals surface area (Å²) in [5.74, 6) is -1.44. The number of guanidine groups is 1. The standard InChI is InChI=1S/C5H5N3O2/c1-2-3(9)7-5(6)8-4(2)10/h1H2,(H3,6,7,8,9,10). The number of hydrogen-bond donors (Lipinski definition) is 2. The smallest absolute Gasteiger partial charge is 0.285 e. The van der Waals surface area contributed by atoms with E-state index in [2.05, 4.69) is 16.9 Å². The van der Waals surface area contributed by atoms with Crippen LogP contribution in [0.4, 0.5) is 0 Å². The van der Waals surface area contributed by atoms with Gasteiger partial charge in [0.15, 0.2) is 0 Å². The molecule has 0 fully saturated rings. The third kappa shape index (κ3) is 0.883. The summed E-state index contributed by atoms with van der Waals surface area (Å²) in [7, 11) is 0. The van der Waals surface area contributed by atoms with Gasteiger partial charge in [0, 0.05) is 0 Å². The van der Waals surface area contributed by atoms with E-state index >= 15 is 0 Å². The Morgan fingerprint density at radius 2 is 2.10 bits per heavy atom. The lowest BCUT2D eigenvalue weighted by atomic mass is 10.2. The maximum Gasteiger partial charge on any atom is 0.285 e. The predicted octanol–water partition coefficient (Wildman–Crippen LogP) is -1.49. The minimum atomic E-state index is -0.679. The molecular formula is C5H5N3O2. The molecule has 52 valence electrons. The SMILES string of the molecule is C=C1C(=O)N=C(N)NC1=O. The van der Waals surface area contributed by atoms with Crippen LogP contribution in [0.5, 0.6) is 0 Å². The second kappa shape index (κ2) is 1.94. The highest BCUT2D eigenvalue weighted by molar-refractivity contribution is 6.27. The highest BCUT2D eigenvalue weighted by Crippen LogP contribution is 1.97. The molecule has 0 aromatic rings. The predicted molar refractivity (Wildman–Crippen MR) is 33.9 cm³/mol. The van der Waals surface area contributed by atoms with Crippen molar-refractivity contribution in [2.45, 2.75) is 0 Å². The first-order valence-corrected chi connectivity index (χ1v) is 2.50. The van der Waals surface area contributed by atoms with Crippen molar-refractivity contribution in [3.05, 3.63) is 12.2 Å². The van der Waals surface area contributed by atoms with Crippen molar-refractivity contribution in [3.63, 3.8) is 0 Å². The quantitative estimate of drug-likeness (QED) is 0.317. The summed E-state index contributed by atoms with van der Waals surface area (Å²) >= 11 is 0. The number of nitrogens with zero attached hydrogens (tertiary/aromatic N) is 1. The van der Waals surface area contributed by atoms with Crippen molar-refractivity contribution < 1.29 is 9.59 Å². The lowest BCUT2D eigenvalue weighted by molar-refractivity contribution is -0.121. The van der Waals surface area contributed by atoms with Crippen LogP contribution in [0.2, 0.25) is 0 Å². The van der Waals surface area contributed by atoms with Gasteiger partial charge in [-0.2, -0.15) is 4.99 Å². The van der Waals surface area contributed by atoms with Gasteiger partial charge in [-0.05, 0) is 0 Å². The van der Waals surface area contributed by atoms with Gasteiger partial charge in [0.25, 0.3) is 11.8 Å². The molecule has 0 aromatic heterocycles. The Hall–Kier alpha value is -1.65. The molecule has 1 aliphatic rings. The third-order valence-corrected chi connectivity index (χ3v) is 0.996. The molecule has 0 atom stereocenters.